The molecule has 226 valence electrons. The van der Waals surface area contributed by atoms with E-state index in [0.717, 1.165) is 12.3 Å². The summed E-state index contributed by atoms with van der Waals surface area (Å²) in [7, 11) is 0. The molecule has 0 saturated carbocycles. The molecule has 0 aliphatic rings. The maximum absolute atomic E-state index is 13.2. The average molecular weight is 606 g/mol. The molecule has 0 atom stereocenters. The van der Waals surface area contributed by atoms with Gasteiger partial charge in [0.2, 0.25) is 5.95 Å². The molecule has 1 amide bonds. The third-order valence-electron chi connectivity index (χ3n) is 5.93. The van der Waals surface area contributed by atoms with Crippen LogP contribution in [0, 0.1) is 0 Å². The van der Waals surface area contributed by atoms with Gasteiger partial charge in [0.1, 0.15) is 23.0 Å². The highest BCUT2D eigenvalue weighted by Crippen LogP contribution is 2.32. The number of ether oxygens (including phenoxy) is 1. The first-order valence-corrected chi connectivity index (χ1v) is 12.8. The van der Waals surface area contributed by atoms with Crippen molar-refractivity contribution in [2.24, 2.45) is 5.73 Å². The first-order chi connectivity index (χ1) is 20.3. The molecule has 5 N–H and O–H groups in total. The number of nitrogens with one attached hydrogen (secondary N) is 1. The molecule has 2 aromatic heterocycles. The summed E-state index contributed by atoms with van der Waals surface area (Å²) in [5.41, 5.74) is 11.7. The Bertz CT molecular complexity index is 1550. The lowest BCUT2D eigenvalue weighted by Gasteiger charge is -2.24. The van der Waals surface area contributed by atoms with Crippen LogP contribution in [0.2, 0.25) is 0 Å². The Labute approximate surface area is 241 Å². The first kappa shape index (κ1) is 31.0. The molecule has 0 saturated heterocycles. The second kappa shape index (κ2) is 12.9. The fourth-order valence-electron chi connectivity index (χ4n) is 3.93. The van der Waals surface area contributed by atoms with Gasteiger partial charge in [-0.05, 0) is 61.9 Å². The highest BCUT2D eigenvalue weighted by Gasteiger charge is 2.42. The lowest BCUT2D eigenvalue weighted by atomic mass is 10.1. The van der Waals surface area contributed by atoms with Gasteiger partial charge >= 0.3 is 18.3 Å². The molecule has 9 nitrogen and oxygen atoms in total. The minimum Gasteiger partial charge on any atom is -0.457 e. The summed E-state index contributed by atoms with van der Waals surface area (Å²) in [6, 6.07) is 15.7. The van der Waals surface area contributed by atoms with Crippen LogP contribution < -0.4 is 26.4 Å². The van der Waals surface area contributed by atoms with E-state index in [1.165, 1.54) is 42.5 Å². The number of nitrogens with two attached hydrogens (primary N) is 2. The summed E-state index contributed by atoms with van der Waals surface area (Å²) in [5.74, 6) is -1.53. The van der Waals surface area contributed by atoms with E-state index in [9.17, 15) is 31.1 Å². The number of pyridine rings is 1. The van der Waals surface area contributed by atoms with Crippen molar-refractivity contribution in [2.45, 2.75) is 25.2 Å². The molecular weight excluding hydrogens is 580 g/mol. The van der Waals surface area contributed by atoms with Gasteiger partial charge in [-0.25, -0.2) is 4.98 Å². The zero-order valence-corrected chi connectivity index (χ0v) is 22.3. The molecule has 0 radical (unpaired) electrons. The van der Waals surface area contributed by atoms with E-state index in [0.29, 0.717) is 40.5 Å². The summed E-state index contributed by atoms with van der Waals surface area (Å²) < 4.78 is 83.7. The van der Waals surface area contributed by atoms with Gasteiger partial charge in [0.05, 0.1) is 5.69 Å². The van der Waals surface area contributed by atoms with E-state index in [1.54, 1.807) is 18.2 Å². The number of nitrogen functional groups attached to an aromatic ring is 1. The minimum atomic E-state index is -5.04. The van der Waals surface area contributed by atoms with Gasteiger partial charge in [-0.2, -0.15) is 31.3 Å². The number of alkyl halides is 6. The SMILES string of the molecule is NCCCCN(C(=O)C(F)(F)F)c1ccc(-c2cc(Nc3ccc(Oc4ccnc(C(F)(F)F)c4)cc3)nc(N)n2)cc1. The summed E-state index contributed by atoms with van der Waals surface area (Å²) in [4.78, 5) is 24.3. The highest BCUT2D eigenvalue weighted by molar-refractivity contribution is 5.97. The summed E-state index contributed by atoms with van der Waals surface area (Å²) in [6.07, 6.45) is -7.89. The predicted molar refractivity (Wildman–Crippen MR) is 148 cm³/mol. The lowest BCUT2D eigenvalue weighted by molar-refractivity contribution is -0.170. The summed E-state index contributed by atoms with van der Waals surface area (Å²) >= 11 is 0. The number of halogens is 6. The Morgan fingerprint density at radius 3 is 2.21 bits per heavy atom. The smallest absolute Gasteiger partial charge is 0.457 e. The van der Waals surface area contributed by atoms with Crippen molar-refractivity contribution in [2.75, 3.05) is 29.0 Å². The van der Waals surface area contributed by atoms with Gasteiger partial charge in [-0.3, -0.25) is 9.78 Å². The van der Waals surface area contributed by atoms with Crippen molar-refractivity contribution in [1.82, 2.24) is 15.0 Å². The van der Waals surface area contributed by atoms with Crippen LogP contribution in [0.5, 0.6) is 11.5 Å². The number of aromatic nitrogens is 3. The third kappa shape index (κ3) is 8.31. The molecule has 0 aliphatic heterocycles. The van der Waals surface area contributed by atoms with Gasteiger partial charge in [0, 0.05) is 41.8 Å². The summed E-state index contributed by atoms with van der Waals surface area (Å²) in [6.45, 7) is 0.137. The van der Waals surface area contributed by atoms with E-state index in [4.69, 9.17) is 16.2 Å². The molecule has 0 bridgehead atoms. The van der Waals surface area contributed by atoms with E-state index in [1.807, 2.05) is 0 Å². The number of carbonyl (C=O) groups is 1. The molecule has 0 fully saturated rings. The molecule has 2 aromatic carbocycles. The number of hydrogen-bond donors (Lipinski definition) is 3. The zero-order chi connectivity index (χ0) is 31.2. The van der Waals surface area contributed by atoms with E-state index in [2.05, 4.69) is 20.3 Å². The Hall–Kier alpha value is -4.92. The van der Waals surface area contributed by atoms with Gasteiger partial charge in [0.15, 0.2) is 0 Å². The van der Waals surface area contributed by atoms with Crippen LogP contribution in [0.4, 0.5) is 49.5 Å². The monoisotopic (exact) mass is 605 g/mol. The molecule has 15 heteroatoms. The first-order valence-electron chi connectivity index (χ1n) is 12.8. The number of unbranched alkanes of at least 4 members (excludes halogenated alkanes) is 1. The predicted octanol–water partition coefficient (Wildman–Crippen LogP) is 6.31. The third-order valence-corrected chi connectivity index (χ3v) is 5.93. The van der Waals surface area contributed by atoms with Crippen molar-refractivity contribution >= 4 is 29.0 Å². The zero-order valence-electron chi connectivity index (χ0n) is 22.3. The van der Waals surface area contributed by atoms with Crippen molar-refractivity contribution in [1.29, 1.82) is 0 Å². The average Bonchev–Trinajstić information content (AvgIpc) is 2.95. The molecule has 0 aliphatic carbocycles. The topological polar surface area (TPSA) is 132 Å². The Morgan fingerprint density at radius 2 is 1.58 bits per heavy atom. The van der Waals surface area contributed by atoms with Crippen LogP contribution in [-0.2, 0) is 11.0 Å². The van der Waals surface area contributed by atoms with Gasteiger partial charge < -0.3 is 26.4 Å². The van der Waals surface area contributed by atoms with Crippen LogP contribution in [-0.4, -0.2) is 40.1 Å². The van der Waals surface area contributed by atoms with E-state index in [-0.39, 0.29) is 36.2 Å². The number of nitrogens with zero attached hydrogens (tertiary/aromatic N) is 4. The standard InChI is InChI=1S/C28H25F6N7O2/c29-27(30,31)23-15-21(11-13-37-23)43-20-9-5-18(6-10-20)38-24-16-22(39-26(36)40-24)17-3-7-19(8-4-17)41(14-2-1-12-35)25(42)28(32,33)34/h3-11,13,15-16H,1-2,12,14,35H2,(H3,36,38,39,40). The number of amides is 1. The lowest BCUT2D eigenvalue weighted by Crippen LogP contribution is -2.42. The van der Waals surface area contributed by atoms with Crippen LogP contribution in [0.1, 0.15) is 18.5 Å². The number of hydrogen-bond acceptors (Lipinski definition) is 8. The van der Waals surface area contributed by atoms with Crippen LogP contribution >= 0.6 is 0 Å². The molecule has 2 heterocycles. The van der Waals surface area contributed by atoms with Crippen molar-refractivity contribution in [3.63, 3.8) is 0 Å². The molecule has 0 spiro atoms. The molecule has 4 rings (SSSR count). The Kier molecular flexibility index (Phi) is 9.34. The van der Waals surface area contributed by atoms with Crippen LogP contribution in [0.3, 0.4) is 0 Å². The van der Waals surface area contributed by atoms with E-state index >= 15 is 0 Å². The van der Waals surface area contributed by atoms with Gasteiger partial charge in [0.25, 0.3) is 0 Å². The van der Waals surface area contributed by atoms with Crippen molar-refractivity contribution < 1.29 is 35.9 Å². The quantitative estimate of drug-likeness (QED) is 0.142. The highest BCUT2D eigenvalue weighted by atomic mass is 19.4. The Morgan fingerprint density at radius 1 is 0.884 bits per heavy atom. The molecule has 4 aromatic rings. The van der Waals surface area contributed by atoms with Gasteiger partial charge in [-0.15, -0.1) is 0 Å². The second-order valence-corrected chi connectivity index (χ2v) is 9.12. The van der Waals surface area contributed by atoms with Crippen LogP contribution in [0.15, 0.2) is 72.9 Å². The van der Waals surface area contributed by atoms with Crippen molar-refractivity contribution in [3.8, 4) is 22.8 Å². The molecule has 43 heavy (non-hydrogen) atoms. The fraction of sp³-hybridized carbons (Fsp3) is 0.214. The summed E-state index contributed by atoms with van der Waals surface area (Å²) in [5, 5.41) is 3.03. The number of benzene rings is 2. The van der Waals surface area contributed by atoms with E-state index < -0.39 is 24.0 Å². The van der Waals surface area contributed by atoms with Crippen LogP contribution in [0.25, 0.3) is 11.3 Å². The Balaban J connectivity index is 1.48. The molecule has 0 unspecified atom stereocenters. The van der Waals surface area contributed by atoms with Gasteiger partial charge in [-0.1, -0.05) is 12.1 Å². The number of anilines is 4. The number of rotatable bonds is 10. The fourth-order valence-corrected chi connectivity index (χ4v) is 3.93. The molecular formula is C28H25F6N7O2. The largest absolute Gasteiger partial charge is 0.471 e. The maximum atomic E-state index is 13.2. The van der Waals surface area contributed by atoms with Crippen molar-refractivity contribution in [3.05, 3.63) is 78.6 Å². The minimum absolute atomic E-state index is 0.0382. The normalized spacial score (nSPS) is 11.7. The second-order valence-electron chi connectivity index (χ2n) is 9.12. The number of carbonyl (C=O) groups excluding carboxylic acids is 1. The maximum Gasteiger partial charge on any atom is 0.471 e.